The average Bonchev–Trinajstić information content (AvgIpc) is 3.33. The van der Waals surface area contributed by atoms with E-state index in [1.807, 2.05) is 35.2 Å². The van der Waals surface area contributed by atoms with E-state index in [1.165, 1.54) is 4.90 Å². The molecule has 36 heavy (non-hydrogen) atoms. The molecule has 0 saturated carbocycles. The maximum Gasteiger partial charge on any atom is 0.327 e. The fraction of sp³-hybridized carbons (Fsp3) is 0.345. The quantitative estimate of drug-likeness (QED) is 0.245. The first-order valence-corrected chi connectivity index (χ1v) is 12.0. The zero-order valence-corrected chi connectivity index (χ0v) is 20.8. The van der Waals surface area contributed by atoms with Gasteiger partial charge in [0.25, 0.3) is 0 Å². The molecule has 4 atom stereocenters. The Labute approximate surface area is 211 Å². The molecule has 2 saturated heterocycles. The van der Waals surface area contributed by atoms with Crippen LogP contribution < -0.4 is 9.64 Å². The SMILES string of the molecule is C=CC[C@]1(C(=O)OCC)[C@H]2C(=O)N(c3ccccc3)C(=O)[C@H]2[C@@H](c2ccc(OC)cc2)N1CC#CC. The topological polar surface area (TPSA) is 76.2 Å². The maximum absolute atomic E-state index is 14.1. The molecular formula is C29H30N2O5. The number of methoxy groups -OCH3 is 1. The summed E-state index contributed by atoms with van der Waals surface area (Å²) in [6.07, 6.45) is 1.74. The summed E-state index contributed by atoms with van der Waals surface area (Å²) in [5.74, 6) is 3.52. The largest absolute Gasteiger partial charge is 0.497 e. The van der Waals surface area contributed by atoms with Crippen LogP contribution in [-0.4, -0.2) is 48.5 Å². The van der Waals surface area contributed by atoms with E-state index in [4.69, 9.17) is 9.47 Å². The van der Waals surface area contributed by atoms with E-state index < -0.39 is 35.3 Å². The van der Waals surface area contributed by atoms with Crippen molar-refractivity contribution >= 4 is 23.5 Å². The summed E-state index contributed by atoms with van der Waals surface area (Å²) in [7, 11) is 1.58. The third kappa shape index (κ3) is 3.88. The van der Waals surface area contributed by atoms with Gasteiger partial charge in [-0.1, -0.05) is 42.3 Å². The molecule has 2 aliphatic rings. The van der Waals surface area contributed by atoms with Crippen molar-refractivity contribution in [3.8, 4) is 17.6 Å². The number of nitrogens with zero attached hydrogens (tertiary/aromatic N) is 2. The van der Waals surface area contributed by atoms with Crippen molar-refractivity contribution in [2.24, 2.45) is 11.8 Å². The van der Waals surface area contributed by atoms with E-state index in [2.05, 4.69) is 18.4 Å². The summed E-state index contributed by atoms with van der Waals surface area (Å²) in [6.45, 7) is 7.64. The van der Waals surface area contributed by atoms with Crippen LogP contribution in [0.2, 0.25) is 0 Å². The second-order valence-corrected chi connectivity index (χ2v) is 8.76. The minimum absolute atomic E-state index is 0.132. The highest BCUT2D eigenvalue weighted by atomic mass is 16.5. The number of benzene rings is 2. The molecular weight excluding hydrogens is 456 g/mol. The lowest BCUT2D eigenvalue weighted by Gasteiger charge is -2.40. The number of imide groups is 1. The zero-order valence-electron chi connectivity index (χ0n) is 20.8. The molecule has 2 heterocycles. The summed E-state index contributed by atoms with van der Waals surface area (Å²) in [5, 5.41) is 0. The second-order valence-electron chi connectivity index (χ2n) is 8.76. The molecule has 7 nitrogen and oxygen atoms in total. The average molecular weight is 487 g/mol. The highest BCUT2D eigenvalue weighted by Gasteiger charge is 2.72. The highest BCUT2D eigenvalue weighted by Crippen LogP contribution is 2.57. The number of likely N-dealkylation sites (tertiary alicyclic amines) is 1. The number of hydrogen-bond donors (Lipinski definition) is 0. The summed E-state index contributed by atoms with van der Waals surface area (Å²) in [6, 6.07) is 15.6. The van der Waals surface area contributed by atoms with E-state index in [-0.39, 0.29) is 25.5 Å². The van der Waals surface area contributed by atoms with Crippen LogP contribution in [0.1, 0.15) is 31.9 Å². The predicted molar refractivity (Wildman–Crippen MR) is 136 cm³/mol. The Hall–Kier alpha value is -3.89. The minimum atomic E-state index is -1.44. The standard InChI is InChI=1S/C29H30N2O5/c1-5-8-19-30-25(20-14-16-22(35-4)17-15-20)23-24(29(30,18-6-2)28(34)36-7-3)27(33)31(26(23)32)21-12-10-9-11-13-21/h6,9-17,23-25H,2,7,18-19H2,1,3-4H3/t23-,24-,25-,29-/m1/s1. The third-order valence-corrected chi connectivity index (χ3v) is 7.04. The molecule has 0 spiro atoms. The number of esters is 1. The van der Waals surface area contributed by atoms with Crippen LogP contribution in [0, 0.1) is 23.7 Å². The molecule has 0 radical (unpaired) electrons. The maximum atomic E-state index is 14.1. The molecule has 0 aromatic heterocycles. The van der Waals surface area contributed by atoms with Crippen molar-refractivity contribution in [2.75, 3.05) is 25.2 Å². The van der Waals surface area contributed by atoms with Gasteiger partial charge in [0.05, 0.1) is 37.8 Å². The van der Waals surface area contributed by atoms with Gasteiger partial charge in [-0.05, 0) is 50.1 Å². The Morgan fingerprint density at radius 1 is 1.11 bits per heavy atom. The first-order valence-electron chi connectivity index (χ1n) is 12.0. The molecule has 2 aromatic rings. The smallest absolute Gasteiger partial charge is 0.327 e. The lowest BCUT2D eigenvalue weighted by Crippen LogP contribution is -2.58. The Morgan fingerprint density at radius 3 is 2.39 bits per heavy atom. The fourth-order valence-corrected chi connectivity index (χ4v) is 5.60. The zero-order chi connectivity index (χ0) is 25.9. The molecule has 4 rings (SSSR count). The van der Waals surface area contributed by atoms with Crippen LogP contribution in [0.5, 0.6) is 5.75 Å². The number of amides is 2. The lowest BCUT2D eigenvalue weighted by atomic mass is 9.77. The van der Waals surface area contributed by atoms with Crippen LogP contribution in [-0.2, 0) is 19.1 Å². The first-order chi connectivity index (χ1) is 17.5. The van der Waals surface area contributed by atoms with Crippen LogP contribution in [0.15, 0.2) is 67.3 Å². The van der Waals surface area contributed by atoms with Gasteiger partial charge in [-0.25, -0.2) is 4.90 Å². The van der Waals surface area contributed by atoms with Crippen LogP contribution in [0.3, 0.4) is 0 Å². The fourth-order valence-electron chi connectivity index (χ4n) is 5.60. The second kappa shape index (κ2) is 10.4. The number of carbonyl (C=O) groups excluding carboxylic acids is 3. The molecule has 186 valence electrons. The number of anilines is 1. The van der Waals surface area contributed by atoms with Gasteiger partial charge >= 0.3 is 5.97 Å². The van der Waals surface area contributed by atoms with Gasteiger partial charge in [0.15, 0.2) is 0 Å². The predicted octanol–water partition coefficient (Wildman–Crippen LogP) is 3.76. The van der Waals surface area contributed by atoms with Crippen molar-refractivity contribution in [3.63, 3.8) is 0 Å². The number of hydrogen-bond acceptors (Lipinski definition) is 6. The molecule has 2 aliphatic heterocycles. The van der Waals surface area contributed by atoms with E-state index in [0.717, 1.165) is 5.56 Å². The van der Waals surface area contributed by atoms with Gasteiger partial charge in [0.2, 0.25) is 11.8 Å². The third-order valence-electron chi connectivity index (χ3n) is 7.04. The van der Waals surface area contributed by atoms with Gasteiger partial charge < -0.3 is 9.47 Å². The Kier molecular flexibility index (Phi) is 7.27. The lowest BCUT2D eigenvalue weighted by molar-refractivity contribution is -0.161. The van der Waals surface area contributed by atoms with Crippen LogP contribution >= 0.6 is 0 Å². The minimum Gasteiger partial charge on any atom is -0.497 e. The Bertz CT molecular complexity index is 1210. The summed E-state index contributed by atoms with van der Waals surface area (Å²) in [4.78, 5) is 45.0. The molecule has 7 heteroatoms. The van der Waals surface area contributed by atoms with Gasteiger partial charge in [-0.3, -0.25) is 19.3 Å². The summed E-state index contributed by atoms with van der Waals surface area (Å²) in [5.41, 5.74) is -0.172. The monoisotopic (exact) mass is 486 g/mol. The van der Waals surface area contributed by atoms with Crippen molar-refractivity contribution < 1.29 is 23.9 Å². The van der Waals surface area contributed by atoms with Crippen molar-refractivity contribution in [2.45, 2.75) is 31.8 Å². The summed E-state index contributed by atoms with van der Waals surface area (Å²) < 4.78 is 10.9. The number of fused-ring (bicyclic) bond motifs is 1. The first kappa shape index (κ1) is 25.2. The molecule has 2 amide bonds. The molecule has 2 aromatic carbocycles. The number of ether oxygens (including phenoxy) is 2. The van der Waals surface area contributed by atoms with Gasteiger partial charge in [0.1, 0.15) is 11.3 Å². The van der Waals surface area contributed by atoms with E-state index in [9.17, 15) is 14.4 Å². The Morgan fingerprint density at radius 2 is 1.81 bits per heavy atom. The van der Waals surface area contributed by atoms with Crippen molar-refractivity contribution in [1.29, 1.82) is 0 Å². The molecule has 0 unspecified atom stereocenters. The van der Waals surface area contributed by atoms with Crippen LogP contribution in [0.25, 0.3) is 0 Å². The summed E-state index contributed by atoms with van der Waals surface area (Å²) >= 11 is 0. The molecule has 0 bridgehead atoms. The van der Waals surface area contributed by atoms with Gasteiger partial charge in [0, 0.05) is 6.04 Å². The number of para-hydroxylation sites is 1. The van der Waals surface area contributed by atoms with E-state index >= 15 is 0 Å². The van der Waals surface area contributed by atoms with Gasteiger partial charge in [-0.2, -0.15) is 0 Å². The molecule has 2 fully saturated rings. The van der Waals surface area contributed by atoms with Gasteiger partial charge in [-0.15, -0.1) is 12.5 Å². The van der Waals surface area contributed by atoms with Crippen LogP contribution in [0.4, 0.5) is 5.69 Å². The van der Waals surface area contributed by atoms with Crippen molar-refractivity contribution in [3.05, 3.63) is 72.8 Å². The van der Waals surface area contributed by atoms with E-state index in [0.29, 0.717) is 11.4 Å². The number of carbonyl (C=O) groups is 3. The Balaban J connectivity index is 1.97. The number of rotatable bonds is 8. The van der Waals surface area contributed by atoms with Crippen molar-refractivity contribution in [1.82, 2.24) is 4.90 Å². The van der Waals surface area contributed by atoms with E-state index in [1.54, 1.807) is 51.3 Å². The normalized spacial score (nSPS) is 25.2. The molecule has 0 aliphatic carbocycles. The highest BCUT2D eigenvalue weighted by molar-refractivity contribution is 6.24. The molecule has 0 N–H and O–H groups in total.